The number of nitrogens with one attached hydrogen (secondary N) is 2. The van der Waals surface area contributed by atoms with Crippen LogP contribution in [0.3, 0.4) is 0 Å². The number of hydrogen-bond acceptors (Lipinski definition) is 4. The summed E-state index contributed by atoms with van der Waals surface area (Å²) in [5.41, 5.74) is 5.54. The Bertz CT molecular complexity index is 1280. The van der Waals surface area contributed by atoms with E-state index in [-0.39, 0.29) is 11.8 Å². The second-order valence-electron chi connectivity index (χ2n) is 6.88. The van der Waals surface area contributed by atoms with Crippen molar-refractivity contribution in [3.8, 4) is 0 Å². The van der Waals surface area contributed by atoms with Crippen LogP contribution in [0.25, 0.3) is 10.1 Å². The molecule has 0 bridgehead atoms. The van der Waals surface area contributed by atoms with Crippen LogP contribution >= 0.6 is 22.9 Å². The van der Waals surface area contributed by atoms with Crippen molar-refractivity contribution < 1.29 is 9.59 Å². The molecule has 0 spiro atoms. The van der Waals surface area contributed by atoms with Gasteiger partial charge in [-0.2, -0.15) is 5.10 Å². The number of fused-ring (bicyclic) bond motifs is 1. The quantitative estimate of drug-likeness (QED) is 0.296. The van der Waals surface area contributed by atoms with Gasteiger partial charge < -0.3 is 5.32 Å². The Morgan fingerprint density at radius 1 is 0.935 bits per heavy atom. The Morgan fingerprint density at radius 2 is 1.65 bits per heavy atom. The van der Waals surface area contributed by atoms with E-state index in [1.54, 1.807) is 30.5 Å². The van der Waals surface area contributed by atoms with Crippen molar-refractivity contribution in [1.29, 1.82) is 0 Å². The molecule has 5 nitrogen and oxygen atoms in total. The Hall–Kier alpha value is -3.48. The highest BCUT2D eigenvalue weighted by atomic mass is 35.5. The normalized spacial score (nSPS) is 11.0. The van der Waals surface area contributed by atoms with Crippen LogP contribution in [0.15, 0.2) is 77.9 Å². The van der Waals surface area contributed by atoms with Crippen LogP contribution < -0.4 is 10.7 Å². The van der Waals surface area contributed by atoms with Gasteiger partial charge in [0.25, 0.3) is 11.8 Å². The topological polar surface area (TPSA) is 70.6 Å². The molecule has 154 valence electrons. The molecule has 0 radical (unpaired) electrons. The van der Waals surface area contributed by atoms with E-state index in [0.29, 0.717) is 21.2 Å². The lowest BCUT2D eigenvalue weighted by atomic mass is 10.2. The molecule has 2 N–H and O–H groups in total. The molecule has 31 heavy (non-hydrogen) atoms. The molecule has 0 atom stereocenters. The number of rotatable bonds is 5. The molecule has 0 fully saturated rings. The second kappa shape index (κ2) is 9.12. The summed E-state index contributed by atoms with van der Waals surface area (Å²) in [4.78, 5) is 25.4. The maximum Gasteiger partial charge on any atom is 0.271 e. The predicted molar refractivity (Wildman–Crippen MR) is 127 cm³/mol. The molecular weight excluding hydrogens is 430 g/mol. The molecule has 0 aliphatic rings. The third-order valence-electron chi connectivity index (χ3n) is 4.60. The number of halogens is 1. The maximum atomic E-state index is 12.6. The first-order chi connectivity index (χ1) is 15.0. The molecule has 4 rings (SSSR count). The van der Waals surface area contributed by atoms with Gasteiger partial charge in [-0.3, -0.25) is 9.59 Å². The van der Waals surface area contributed by atoms with Crippen molar-refractivity contribution in [1.82, 2.24) is 5.43 Å². The lowest BCUT2D eigenvalue weighted by molar-refractivity contribution is 0.0954. The average molecular weight is 448 g/mol. The largest absolute Gasteiger partial charge is 0.321 e. The van der Waals surface area contributed by atoms with E-state index in [9.17, 15) is 9.59 Å². The summed E-state index contributed by atoms with van der Waals surface area (Å²) in [5.74, 6) is -0.625. The van der Waals surface area contributed by atoms with E-state index < -0.39 is 0 Å². The van der Waals surface area contributed by atoms with Crippen LogP contribution in [-0.4, -0.2) is 18.0 Å². The molecule has 1 heterocycles. The number of carbonyl (C=O) groups is 2. The molecule has 0 aliphatic carbocycles. The summed E-state index contributed by atoms with van der Waals surface area (Å²) in [6, 6.07) is 22.0. The molecule has 3 aromatic carbocycles. The highest BCUT2D eigenvalue weighted by Crippen LogP contribution is 2.35. The number of nitrogens with zero attached hydrogens (tertiary/aromatic N) is 1. The number of thiophene rings is 1. The van der Waals surface area contributed by atoms with Crippen LogP contribution in [0.5, 0.6) is 0 Å². The number of benzene rings is 3. The molecule has 0 saturated carbocycles. The molecular formula is C24H18ClN3O2S. The highest BCUT2D eigenvalue weighted by molar-refractivity contribution is 7.21. The minimum absolute atomic E-state index is 0.286. The summed E-state index contributed by atoms with van der Waals surface area (Å²) in [7, 11) is 0. The zero-order chi connectivity index (χ0) is 21.8. The van der Waals surface area contributed by atoms with Crippen molar-refractivity contribution in [2.45, 2.75) is 6.92 Å². The molecule has 4 aromatic rings. The summed E-state index contributed by atoms with van der Waals surface area (Å²) < 4.78 is 0.955. The molecule has 2 amide bonds. The van der Waals surface area contributed by atoms with Gasteiger partial charge in [-0.15, -0.1) is 11.3 Å². The number of hydrogen-bond donors (Lipinski definition) is 2. The SMILES string of the molecule is Cc1ccc(/C=N\NC(=O)c2ccc(NC(=O)c3sc4ccccc4c3Cl)cc2)cc1. The minimum Gasteiger partial charge on any atom is -0.321 e. The second-order valence-corrected chi connectivity index (χ2v) is 8.31. The van der Waals surface area contributed by atoms with Gasteiger partial charge in [-0.05, 0) is 42.8 Å². The fraction of sp³-hybridized carbons (Fsp3) is 0.0417. The van der Waals surface area contributed by atoms with Crippen LogP contribution in [0.4, 0.5) is 5.69 Å². The standard InChI is InChI=1S/C24H18ClN3O2S/c1-15-6-8-16(9-7-15)14-26-28-23(29)17-10-12-18(13-11-17)27-24(30)22-21(25)19-4-2-3-5-20(19)31-22/h2-14H,1H3,(H,27,30)(H,28,29)/b26-14-. The van der Waals surface area contributed by atoms with Crippen LogP contribution in [0, 0.1) is 6.92 Å². The third-order valence-corrected chi connectivity index (χ3v) is 6.28. The number of amides is 2. The van der Waals surface area contributed by atoms with E-state index >= 15 is 0 Å². The van der Waals surface area contributed by atoms with Crippen molar-refractivity contribution in [3.05, 3.63) is 99.4 Å². The first kappa shape index (κ1) is 20.8. The third kappa shape index (κ3) is 4.82. The lowest BCUT2D eigenvalue weighted by Crippen LogP contribution is -2.17. The Kier molecular flexibility index (Phi) is 6.11. The van der Waals surface area contributed by atoms with E-state index in [1.807, 2.05) is 55.5 Å². The summed E-state index contributed by atoms with van der Waals surface area (Å²) in [5, 5.41) is 8.11. The summed E-state index contributed by atoms with van der Waals surface area (Å²) in [6.45, 7) is 2.01. The molecule has 0 unspecified atom stereocenters. The zero-order valence-corrected chi connectivity index (χ0v) is 18.1. The van der Waals surface area contributed by atoms with Crippen LogP contribution in [0.2, 0.25) is 5.02 Å². The number of aryl methyl sites for hydroxylation is 1. The van der Waals surface area contributed by atoms with Gasteiger partial charge in [0.1, 0.15) is 4.88 Å². The van der Waals surface area contributed by atoms with Crippen molar-refractivity contribution in [3.63, 3.8) is 0 Å². The summed E-state index contributed by atoms with van der Waals surface area (Å²) in [6.07, 6.45) is 1.58. The number of carbonyl (C=O) groups excluding carboxylic acids is 2. The summed E-state index contributed by atoms with van der Waals surface area (Å²) >= 11 is 7.71. The number of hydrazone groups is 1. The van der Waals surface area contributed by atoms with E-state index in [1.165, 1.54) is 11.3 Å². The van der Waals surface area contributed by atoms with Crippen LogP contribution in [-0.2, 0) is 0 Å². The van der Waals surface area contributed by atoms with E-state index in [4.69, 9.17) is 11.6 Å². The first-order valence-corrected chi connectivity index (χ1v) is 10.7. The monoisotopic (exact) mass is 447 g/mol. The molecule has 0 aliphatic heterocycles. The lowest BCUT2D eigenvalue weighted by Gasteiger charge is -2.05. The van der Waals surface area contributed by atoms with Gasteiger partial charge >= 0.3 is 0 Å². The Balaban J connectivity index is 1.39. The van der Waals surface area contributed by atoms with Gasteiger partial charge in [-0.1, -0.05) is 59.6 Å². The first-order valence-electron chi connectivity index (χ1n) is 9.50. The zero-order valence-electron chi connectivity index (χ0n) is 16.6. The molecule has 7 heteroatoms. The van der Waals surface area contributed by atoms with Gasteiger partial charge in [0.2, 0.25) is 0 Å². The fourth-order valence-corrected chi connectivity index (χ4v) is 4.35. The Morgan fingerprint density at radius 3 is 2.35 bits per heavy atom. The number of anilines is 1. The van der Waals surface area contributed by atoms with Gasteiger partial charge in [0, 0.05) is 21.3 Å². The predicted octanol–water partition coefficient (Wildman–Crippen LogP) is 5.88. The smallest absolute Gasteiger partial charge is 0.271 e. The Labute approximate surface area is 188 Å². The van der Waals surface area contributed by atoms with Crippen molar-refractivity contribution in [2.75, 3.05) is 5.32 Å². The van der Waals surface area contributed by atoms with E-state index in [0.717, 1.165) is 21.2 Å². The van der Waals surface area contributed by atoms with Gasteiger partial charge in [0.15, 0.2) is 0 Å². The van der Waals surface area contributed by atoms with Gasteiger partial charge in [0.05, 0.1) is 11.2 Å². The highest BCUT2D eigenvalue weighted by Gasteiger charge is 2.17. The van der Waals surface area contributed by atoms with Gasteiger partial charge in [-0.25, -0.2) is 5.43 Å². The fourth-order valence-electron chi connectivity index (χ4n) is 2.94. The average Bonchev–Trinajstić information content (AvgIpc) is 3.12. The van der Waals surface area contributed by atoms with Crippen LogP contribution in [0.1, 0.15) is 31.2 Å². The minimum atomic E-state index is -0.339. The molecule has 0 saturated heterocycles. The molecule has 1 aromatic heterocycles. The van der Waals surface area contributed by atoms with Crippen molar-refractivity contribution in [2.24, 2.45) is 5.10 Å². The van der Waals surface area contributed by atoms with E-state index in [2.05, 4.69) is 15.8 Å². The maximum absolute atomic E-state index is 12.6. The van der Waals surface area contributed by atoms with Crippen molar-refractivity contribution >= 4 is 56.7 Å².